The summed E-state index contributed by atoms with van der Waals surface area (Å²) >= 11 is 2.27. The number of aryl methyl sites for hydroxylation is 1. The van der Waals surface area contributed by atoms with Crippen LogP contribution in [0.5, 0.6) is 0 Å². The van der Waals surface area contributed by atoms with E-state index in [1.807, 2.05) is 110 Å². The molecule has 1 aromatic heterocycles. The van der Waals surface area contributed by atoms with Gasteiger partial charge in [-0.15, -0.1) is 0 Å². The van der Waals surface area contributed by atoms with Gasteiger partial charge in [0.15, 0.2) is 0 Å². The van der Waals surface area contributed by atoms with Gasteiger partial charge >= 0.3 is 0 Å². The molecule has 4 aromatic carbocycles. The molecule has 41 heavy (non-hydrogen) atoms. The van der Waals surface area contributed by atoms with Crippen molar-refractivity contribution in [1.82, 2.24) is 20.4 Å². The van der Waals surface area contributed by atoms with Crippen LogP contribution in [-0.2, 0) is 11.2 Å². The van der Waals surface area contributed by atoms with E-state index in [-0.39, 0.29) is 17.5 Å². The molecule has 2 amide bonds. The number of nitrogens with zero attached hydrogens (tertiary/aromatic N) is 2. The van der Waals surface area contributed by atoms with Crippen LogP contribution in [0.2, 0.25) is 0 Å². The summed E-state index contributed by atoms with van der Waals surface area (Å²) in [7, 11) is 0. The van der Waals surface area contributed by atoms with Gasteiger partial charge in [-0.1, -0.05) is 78.4 Å². The topological polar surface area (TPSA) is 76.0 Å². The lowest BCUT2D eigenvalue weighted by Gasteiger charge is -2.12. The summed E-state index contributed by atoms with van der Waals surface area (Å²) < 4.78 is 2.89. The summed E-state index contributed by atoms with van der Waals surface area (Å²) in [6.07, 6.45) is 4.24. The predicted octanol–water partition coefficient (Wildman–Crippen LogP) is 6.58. The van der Waals surface area contributed by atoms with Gasteiger partial charge in [-0.25, -0.2) is 4.68 Å². The summed E-state index contributed by atoms with van der Waals surface area (Å²) in [4.78, 5) is 26.7. The van der Waals surface area contributed by atoms with Gasteiger partial charge in [0.05, 0.1) is 5.69 Å². The Morgan fingerprint density at radius 1 is 0.854 bits per heavy atom. The summed E-state index contributed by atoms with van der Waals surface area (Å²) in [5.74, 6) is -0.733. The van der Waals surface area contributed by atoms with Crippen molar-refractivity contribution in [2.24, 2.45) is 0 Å². The van der Waals surface area contributed by atoms with Gasteiger partial charge < -0.3 is 10.6 Å². The SMILES string of the molecule is Cc1ccc(C(=O)N/C(=C\c2cn(-c3ccccc3)nc2-c2ccc(I)cc2)C(=O)NCCc2ccccc2)cc1. The monoisotopic (exact) mass is 652 g/mol. The van der Waals surface area contributed by atoms with Crippen molar-refractivity contribution in [3.8, 4) is 16.9 Å². The molecule has 0 aliphatic rings. The third-order valence-electron chi connectivity index (χ3n) is 6.53. The standard InChI is InChI=1S/C34H29IN4O2/c1-24-12-14-27(15-13-24)33(40)37-31(34(41)36-21-20-25-8-4-2-5-9-25)22-28-23-39(30-10-6-3-7-11-30)38-32(28)26-16-18-29(35)19-17-26/h2-19,22-23H,20-21H2,1H3,(H,36,41)(H,37,40)/b31-22-. The average molecular weight is 653 g/mol. The Labute approximate surface area is 253 Å². The molecule has 0 unspecified atom stereocenters. The normalized spacial score (nSPS) is 11.2. The van der Waals surface area contributed by atoms with Crippen molar-refractivity contribution >= 4 is 40.5 Å². The number of para-hydroxylation sites is 1. The van der Waals surface area contributed by atoms with Crippen LogP contribution in [0.25, 0.3) is 23.0 Å². The number of hydrogen-bond acceptors (Lipinski definition) is 3. The molecule has 5 rings (SSSR count). The molecule has 6 nitrogen and oxygen atoms in total. The molecule has 0 saturated carbocycles. The van der Waals surface area contributed by atoms with Gasteiger partial charge in [-0.2, -0.15) is 5.10 Å². The van der Waals surface area contributed by atoms with Crippen LogP contribution in [0.4, 0.5) is 0 Å². The maximum atomic E-state index is 13.5. The van der Waals surface area contributed by atoms with Crippen LogP contribution in [0.3, 0.4) is 0 Å². The van der Waals surface area contributed by atoms with Crippen LogP contribution in [0, 0.1) is 10.5 Å². The van der Waals surface area contributed by atoms with Gasteiger partial charge in [-0.05, 0) is 84.0 Å². The van der Waals surface area contributed by atoms with Crippen LogP contribution in [0.15, 0.2) is 121 Å². The summed E-state index contributed by atoms with van der Waals surface area (Å²) in [6, 6.07) is 35.0. The van der Waals surface area contributed by atoms with Gasteiger partial charge in [-0.3, -0.25) is 9.59 Å². The van der Waals surface area contributed by atoms with E-state index in [0.29, 0.717) is 29.8 Å². The minimum atomic E-state index is -0.373. The fourth-order valence-corrected chi connectivity index (χ4v) is 4.67. The molecule has 2 N–H and O–H groups in total. The average Bonchev–Trinajstić information content (AvgIpc) is 3.42. The van der Waals surface area contributed by atoms with Crippen molar-refractivity contribution in [3.05, 3.63) is 147 Å². The van der Waals surface area contributed by atoms with Gasteiger partial charge in [0.2, 0.25) is 0 Å². The first-order valence-electron chi connectivity index (χ1n) is 13.3. The molecule has 0 atom stereocenters. The van der Waals surface area contributed by atoms with Gasteiger partial charge in [0.25, 0.3) is 11.8 Å². The fraction of sp³-hybridized carbons (Fsp3) is 0.0882. The third-order valence-corrected chi connectivity index (χ3v) is 7.25. The highest BCUT2D eigenvalue weighted by atomic mass is 127. The number of nitrogens with one attached hydrogen (secondary N) is 2. The summed E-state index contributed by atoms with van der Waals surface area (Å²) in [5.41, 5.74) is 5.96. The number of amides is 2. The van der Waals surface area contributed by atoms with E-state index in [2.05, 4.69) is 33.2 Å². The highest BCUT2D eigenvalue weighted by molar-refractivity contribution is 14.1. The maximum Gasteiger partial charge on any atom is 0.267 e. The predicted molar refractivity (Wildman–Crippen MR) is 171 cm³/mol. The smallest absolute Gasteiger partial charge is 0.267 e. The van der Waals surface area contributed by atoms with E-state index in [1.165, 1.54) is 0 Å². The van der Waals surface area contributed by atoms with E-state index >= 15 is 0 Å². The molecule has 7 heteroatoms. The van der Waals surface area contributed by atoms with Crippen LogP contribution in [0.1, 0.15) is 27.0 Å². The molecule has 0 fully saturated rings. The highest BCUT2D eigenvalue weighted by Gasteiger charge is 2.18. The molecule has 0 spiro atoms. The Kier molecular flexibility index (Phi) is 9.05. The first-order valence-corrected chi connectivity index (χ1v) is 14.4. The Balaban J connectivity index is 1.51. The highest BCUT2D eigenvalue weighted by Crippen LogP contribution is 2.26. The van der Waals surface area contributed by atoms with Crippen molar-refractivity contribution < 1.29 is 9.59 Å². The van der Waals surface area contributed by atoms with Crippen LogP contribution < -0.4 is 10.6 Å². The Hall–Kier alpha value is -4.50. The van der Waals surface area contributed by atoms with E-state index in [1.54, 1.807) is 22.9 Å². The van der Waals surface area contributed by atoms with Crippen molar-refractivity contribution in [3.63, 3.8) is 0 Å². The molecule has 0 saturated heterocycles. The lowest BCUT2D eigenvalue weighted by atomic mass is 10.1. The van der Waals surface area contributed by atoms with Crippen LogP contribution >= 0.6 is 22.6 Å². The molecule has 204 valence electrons. The number of rotatable bonds is 9. The maximum absolute atomic E-state index is 13.5. The number of carbonyl (C=O) groups is 2. The molecular formula is C34H29IN4O2. The molecule has 0 aliphatic heterocycles. The lowest BCUT2D eigenvalue weighted by Crippen LogP contribution is -2.35. The van der Waals surface area contributed by atoms with E-state index < -0.39 is 0 Å². The molecule has 0 bridgehead atoms. The third kappa shape index (κ3) is 7.37. The zero-order valence-electron chi connectivity index (χ0n) is 22.6. The Morgan fingerprint density at radius 3 is 2.20 bits per heavy atom. The quantitative estimate of drug-likeness (QED) is 0.140. The molecule has 0 aliphatic carbocycles. The summed E-state index contributed by atoms with van der Waals surface area (Å²) in [6.45, 7) is 2.39. The number of carbonyl (C=O) groups excluding carboxylic acids is 2. The minimum absolute atomic E-state index is 0.142. The second kappa shape index (κ2) is 13.2. The molecule has 5 aromatic rings. The number of hydrogen-bond donors (Lipinski definition) is 2. The van der Waals surface area contributed by atoms with E-state index in [9.17, 15) is 9.59 Å². The zero-order chi connectivity index (χ0) is 28.6. The lowest BCUT2D eigenvalue weighted by molar-refractivity contribution is -0.117. The van der Waals surface area contributed by atoms with Crippen molar-refractivity contribution in [1.29, 1.82) is 0 Å². The first-order chi connectivity index (χ1) is 20.0. The van der Waals surface area contributed by atoms with Crippen LogP contribution in [-0.4, -0.2) is 28.1 Å². The largest absolute Gasteiger partial charge is 0.350 e. The summed E-state index contributed by atoms with van der Waals surface area (Å²) in [5, 5.41) is 10.7. The first kappa shape index (κ1) is 28.0. The zero-order valence-corrected chi connectivity index (χ0v) is 24.7. The van der Waals surface area contributed by atoms with E-state index in [4.69, 9.17) is 5.10 Å². The Morgan fingerprint density at radius 2 is 1.51 bits per heavy atom. The molecule has 0 radical (unpaired) electrons. The van der Waals surface area contributed by atoms with Crippen molar-refractivity contribution in [2.75, 3.05) is 6.54 Å². The second-order valence-electron chi connectivity index (χ2n) is 9.59. The van der Waals surface area contributed by atoms with Gasteiger partial charge in [0, 0.05) is 33.0 Å². The van der Waals surface area contributed by atoms with Gasteiger partial charge in [0.1, 0.15) is 11.4 Å². The Bertz CT molecular complexity index is 1660. The second-order valence-corrected chi connectivity index (χ2v) is 10.8. The number of aromatic nitrogens is 2. The molecule has 1 heterocycles. The minimum Gasteiger partial charge on any atom is -0.350 e. The van der Waals surface area contributed by atoms with Crippen molar-refractivity contribution in [2.45, 2.75) is 13.3 Å². The van der Waals surface area contributed by atoms with E-state index in [0.717, 1.165) is 25.9 Å². The number of halogens is 1. The fourth-order valence-electron chi connectivity index (χ4n) is 4.31. The number of benzene rings is 4. The molecular weight excluding hydrogens is 623 g/mol.